The Morgan fingerprint density at radius 3 is 1.83 bits per heavy atom. The zero-order valence-electron chi connectivity index (χ0n) is 8.23. The fourth-order valence-corrected chi connectivity index (χ4v) is 7.48. The first-order valence-electron chi connectivity index (χ1n) is 5.97. The van der Waals surface area contributed by atoms with Crippen molar-refractivity contribution in [2.45, 2.75) is 69.0 Å². The van der Waals surface area contributed by atoms with Crippen LogP contribution in [0.15, 0.2) is 0 Å². The van der Waals surface area contributed by atoms with Gasteiger partial charge in [-0.15, -0.1) is 0 Å². The summed E-state index contributed by atoms with van der Waals surface area (Å²) in [5.41, 5.74) is 1.28. The van der Waals surface area contributed by atoms with E-state index in [0.29, 0.717) is 0 Å². The maximum atomic E-state index is 1.70. The molecule has 1 heteroatoms. The second-order valence-corrected chi connectivity index (χ2v) is 8.41. The molecule has 0 nitrogen and oxygen atoms in total. The van der Waals surface area contributed by atoms with E-state index >= 15 is 0 Å². The molecule has 1 saturated carbocycles. The van der Waals surface area contributed by atoms with Crippen LogP contribution in [0, 0.1) is 0 Å². The summed E-state index contributed by atoms with van der Waals surface area (Å²) < 4.78 is 0. The van der Waals surface area contributed by atoms with E-state index in [4.69, 9.17) is 0 Å². The van der Waals surface area contributed by atoms with E-state index in [9.17, 15) is 0 Å². The van der Waals surface area contributed by atoms with E-state index in [1.807, 2.05) is 0 Å². The molecule has 1 heterocycles. The van der Waals surface area contributed by atoms with Crippen LogP contribution >= 0.6 is 0 Å². The fraction of sp³-hybridized carbons (Fsp3) is 1.00. The molecule has 1 aliphatic heterocycles. The van der Waals surface area contributed by atoms with E-state index in [-0.39, 0.29) is 8.80 Å². The van der Waals surface area contributed by atoms with Gasteiger partial charge in [0.1, 0.15) is 0 Å². The van der Waals surface area contributed by atoms with Crippen LogP contribution in [-0.4, -0.2) is 8.80 Å². The molecule has 0 spiro atoms. The van der Waals surface area contributed by atoms with Gasteiger partial charge in [0.2, 0.25) is 0 Å². The first-order valence-corrected chi connectivity index (χ1v) is 8.27. The molecule has 2 aliphatic rings. The van der Waals surface area contributed by atoms with E-state index in [1.165, 1.54) is 5.54 Å². The molecule has 0 bridgehead atoms. The molecule has 0 N–H and O–H groups in total. The highest BCUT2D eigenvalue weighted by atomic mass is 28.3. The van der Waals surface area contributed by atoms with Crippen molar-refractivity contribution in [2.75, 3.05) is 0 Å². The highest BCUT2D eigenvalue weighted by Gasteiger charge is 2.26. The molecule has 0 amide bonds. The van der Waals surface area contributed by atoms with Crippen LogP contribution in [0.1, 0.15) is 51.4 Å². The lowest BCUT2D eigenvalue weighted by Gasteiger charge is -2.19. The molecular weight excluding hydrogens is 160 g/mol. The molecule has 2 fully saturated rings. The van der Waals surface area contributed by atoms with Gasteiger partial charge in [0, 0.05) is 8.80 Å². The molecular formula is C11H22Si. The lowest BCUT2D eigenvalue weighted by Crippen LogP contribution is -2.16. The number of rotatable bonds is 1. The summed E-state index contributed by atoms with van der Waals surface area (Å²) in [6.07, 6.45) is 12.7. The van der Waals surface area contributed by atoms with Crippen molar-refractivity contribution in [3.63, 3.8) is 0 Å². The largest absolute Gasteiger partial charge is 0.0597 e. The molecule has 0 atom stereocenters. The molecule has 1 aliphatic carbocycles. The van der Waals surface area contributed by atoms with Crippen molar-refractivity contribution in [2.24, 2.45) is 0 Å². The highest BCUT2D eigenvalue weighted by Crippen LogP contribution is 2.38. The minimum Gasteiger partial charge on any atom is -0.0597 e. The maximum absolute atomic E-state index is 1.70. The Morgan fingerprint density at radius 2 is 1.25 bits per heavy atom. The number of hydrogen-bond donors (Lipinski definition) is 0. The fourth-order valence-electron chi connectivity index (χ4n) is 3.21. The Bertz CT molecular complexity index is 119. The van der Waals surface area contributed by atoms with Crippen molar-refractivity contribution in [1.82, 2.24) is 0 Å². The third kappa shape index (κ3) is 2.12. The lowest BCUT2D eigenvalue weighted by molar-refractivity contribution is 0.720. The van der Waals surface area contributed by atoms with Crippen LogP contribution in [0.4, 0.5) is 0 Å². The average Bonchev–Trinajstić information content (AvgIpc) is 2.48. The van der Waals surface area contributed by atoms with Crippen molar-refractivity contribution >= 4 is 8.80 Å². The molecule has 0 unspecified atom stereocenters. The molecule has 2 rings (SSSR count). The molecule has 0 aromatic carbocycles. The van der Waals surface area contributed by atoms with Gasteiger partial charge in [0.15, 0.2) is 0 Å². The van der Waals surface area contributed by atoms with Crippen molar-refractivity contribution in [3.05, 3.63) is 0 Å². The summed E-state index contributed by atoms with van der Waals surface area (Å²) in [5, 5.41) is 0. The van der Waals surface area contributed by atoms with Crippen LogP contribution in [0.25, 0.3) is 0 Å². The molecule has 0 aromatic heterocycles. The summed E-state index contributed by atoms with van der Waals surface area (Å²) in [7, 11) is -0.224. The normalized spacial score (nSPS) is 29.0. The van der Waals surface area contributed by atoms with Crippen LogP contribution in [-0.2, 0) is 0 Å². The standard InChI is InChI=1S/C11H22Si/c1-2-6-10-12(9-5-1)11-7-3-4-8-11/h11-12H,1-10H2. The van der Waals surface area contributed by atoms with Gasteiger partial charge < -0.3 is 0 Å². The van der Waals surface area contributed by atoms with E-state index < -0.39 is 0 Å². The molecule has 0 radical (unpaired) electrons. The quantitative estimate of drug-likeness (QED) is 0.542. The molecule has 70 valence electrons. The van der Waals surface area contributed by atoms with Gasteiger partial charge in [-0.05, 0) is 5.54 Å². The van der Waals surface area contributed by atoms with Crippen molar-refractivity contribution in [3.8, 4) is 0 Å². The van der Waals surface area contributed by atoms with Gasteiger partial charge in [-0.3, -0.25) is 0 Å². The Hall–Kier alpha value is 0.217. The first kappa shape index (κ1) is 8.80. The molecule has 0 aromatic rings. The maximum Gasteiger partial charge on any atom is 0.0399 e. The van der Waals surface area contributed by atoms with Crippen LogP contribution in [0.3, 0.4) is 0 Å². The second kappa shape index (κ2) is 4.45. The highest BCUT2D eigenvalue weighted by molar-refractivity contribution is 6.60. The Morgan fingerprint density at radius 1 is 0.667 bits per heavy atom. The summed E-state index contributed by atoms with van der Waals surface area (Å²) in [6, 6.07) is 3.40. The Balaban J connectivity index is 1.83. The molecule has 12 heavy (non-hydrogen) atoms. The number of hydrogen-bond acceptors (Lipinski definition) is 0. The summed E-state index contributed by atoms with van der Waals surface area (Å²) >= 11 is 0. The minimum absolute atomic E-state index is 0.224. The SMILES string of the molecule is C1CCC[SiH](C2CCCC2)CC1. The van der Waals surface area contributed by atoms with E-state index in [0.717, 1.165) is 0 Å². The topological polar surface area (TPSA) is 0 Å². The van der Waals surface area contributed by atoms with Gasteiger partial charge in [-0.2, -0.15) is 0 Å². The monoisotopic (exact) mass is 182 g/mol. The summed E-state index contributed by atoms with van der Waals surface area (Å²) in [6.45, 7) is 0. The predicted octanol–water partition coefficient (Wildman–Crippen LogP) is 3.73. The zero-order chi connectivity index (χ0) is 8.23. The van der Waals surface area contributed by atoms with Gasteiger partial charge in [-0.1, -0.05) is 63.5 Å². The van der Waals surface area contributed by atoms with Crippen molar-refractivity contribution < 1.29 is 0 Å². The van der Waals surface area contributed by atoms with E-state index in [1.54, 1.807) is 63.5 Å². The third-order valence-corrected chi connectivity index (χ3v) is 8.27. The minimum atomic E-state index is -0.224. The van der Waals surface area contributed by atoms with E-state index in [2.05, 4.69) is 0 Å². The van der Waals surface area contributed by atoms with Gasteiger partial charge in [-0.25, -0.2) is 0 Å². The lowest BCUT2D eigenvalue weighted by atomic mass is 10.2. The van der Waals surface area contributed by atoms with Gasteiger partial charge >= 0.3 is 0 Å². The van der Waals surface area contributed by atoms with Crippen LogP contribution < -0.4 is 0 Å². The van der Waals surface area contributed by atoms with Crippen molar-refractivity contribution in [1.29, 1.82) is 0 Å². The Kier molecular flexibility index (Phi) is 3.26. The molecule has 1 saturated heterocycles. The Labute approximate surface area is 78.4 Å². The first-order chi connectivity index (χ1) is 5.97. The summed E-state index contributed by atoms with van der Waals surface area (Å²) in [5.74, 6) is 0. The zero-order valence-corrected chi connectivity index (χ0v) is 9.38. The average molecular weight is 182 g/mol. The predicted molar refractivity (Wildman–Crippen MR) is 57.4 cm³/mol. The second-order valence-electron chi connectivity index (χ2n) is 4.80. The van der Waals surface area contributed by atoms with Crippen LogP contribution in [0.2, 0.25) is 17.6 Å². The van der Waals surface area contributed by atoms with Gasteiger partial charge in [0.25, 0.3) is 0 Å². The van der Waals surface area contributed by atoms with Crippen LogP contribution in [0.5, 0.6) is 0 Å². The van der Waals surface area contributed by atoms with Gasteiger partial charge in [0.05, 0.1) is 0 Å². The summed E-state index contributed by atoms with van der Waals surface area (Å²) in [4.78, 5) is 0. The third-order valence-electron chi connectivity index (χ3n) is 3.97. The smallest absolute Gasteiger partial charge is 0.0399 e.